The van der Waals surface area contributed by atoms with Gasteiger partial charge in [0.05, 0.1) is 5.69 Å². The van der Waals surface area contributed by atoms with Crippen LogP contribution in [-0.2, 0) is 6.42 Å². The smallest absolute Gasteiger partial charge is 0.0640 e. The van der Waals surface area contributed by atoms with E-state index in [0.29, 0.717) is 12.1 Å². The molecule has 0 saturated carbocycles. The van der Waals surface area contributed by atoms with Crippen molar-refractivity contribution >= 4 is 0 Å². The van der Waals surface area contributed by atoms with Crippen molar-refractivity contribution in [1.29, 1.82) is 0 Å². The Morgan fingerprint density at radius 1 is 1.38 bits per heavy atom. The van der Waals surface area contributed by atoms with Gasteiger partial charge >= 0.3 is 0 Å². The van der Waals surface area contributed by atoms with E-state index in [1.54, 1.807) is 0 Å². The zero-order valence-corrected chi connectivity index (χ0v) is 11.0. The molecule has 1 heterocycles. The standard InChI is InChI=1S/C13H25N3/c1-5-7-12(14-6-2)10-13-8-9-16(15-13)11(3)4/h8-9,11-12,14H,5-7,10H2,1-4H3. The second-order valence-corrected chi connectivity index (χ2v) is 4.63. The minimum Gasteiger partial charge on any atom is -0.314 e. The predicted molar refractivity (Wildman–Crippen MR) is 68.7 cm³/mol. The molecule has 0 fully saturated rings. The summed E-state index contributed by atoms with van der Waals surface area (Å²) in [5, 5.41) is 8.11. The molecule has 3 nitrogen and oxygen atoms in total. The summed E-state index contributed by atoms with van der Waals surface area (Å²) in [5.74, 6) is 0. The molecule has 3 heteroatoms. The van der Waals surface area contributed by atoms with Gasteiger partial charge in [-0.2, -0.15) is 5.10 Å². The van der Waals surface area contributed by atoms with Crippen LogP contribution in [0.25, 0.3) is 0 Å². The molecule has 1 aromatic rings. The molecule has 0 aliphatic heterocycles. The monoisotopic (exact) mass is 223 g/mol. The Hall–Kier alpha value is -0.830. The molecule has 1 unspecified atom stereocenters. The van der Waals surface area contributed by atoms with Crippen LogP contribution in [-0.4, -0.2) is 22.4 Å². The van der Waals surface area contributed by atoms with Crippen molar-refractivity contribution < 1.29 is 0 Å². The van der Waals surface area contributed by atoms with E-state index in [-0.39, 0.29) is 0 Å². The molecule has 0 saturated heterocycles. The van der Waals surface area contributed by atoms with Crippen molar-refractivity contribution in [2.45, 2.75) is 59.0 Å². The third-order valence-electron chi connectivity index (χ3n) is 2.78. The summed E-state index contributed by atoms with van der Waals surface area (Å²) in [6.07, 6.45) is 5.57. The molecule has 92 valence electrons. The van der Waals surface area contributed by atoms with E-state index in [1.807, 2.05) is 4.68 Å². The van der Waals surface area contributed by atoms with Crippen LogP contribution < -0.4 is 5.32 Å². The van der Waals surface area contributed by atoms with Gasteiger partial charge in [0, 0.05) is 24.7 Å². The van der Waals surface area contributed by atoms with E-state index in [1.165, 1.54) is 18.5 Å². The topological polar surface area (TPSA) is 29.9 Å². The van der Waals surface area contributed by atoms with Crippen molar-refractivity contribution in [2.24, 2.45) is 0 Å². The third-order valence-corrected chi connectivity index (χ3v) is 2.78. The molecule has 0 amide bonds. The Morgan fingerprint density at radius 3 is 2.62 bits per heavy atom. The van der Waals surface area contributed by atoms with E-state index in [9.17, 15) is 0 Å². The second-order valence-electron chi connectivity index (χ2n) is 4.63. The van der Waals surface area contributed by atoms with Crippen LogP contribution in [0.15, 0.2) is 12.3 Å². The largest absolute Gasteiger partial charge is 0.314 e. The van der Waals surface area contributed by atoms with Gasteiger partial charge in [-0.15, -0.1) is 0 Å². The molecule has 1 N–H and O–H groups in total. The molecule has 0 aliphatic carbocycles. The molecule has 0 bridgehead atoms. The van der Waals surface area contributed by atoms with Gasteiger partial charge < -0.3 is 5.32 Å². The number of hydrogen-bond donors (Lipinski definition) is 1. The Kier molecular flexibility index (Phi) is 5.53. The summed E-state index contributed by atoms with van der Waals surface area (Å²) >= 11 is 0. The zero-order chi connectivity index (χ0) is 12.0. The summed E-state index contributed by atoms with van der Waals surface area (Å²) in [7, 11) is 0. The van der Waals surface area contributed by atoms with Gasteiger partial charge in [0.2, 0.25) is 0 Å². The number of nitrogens with zero attached hydrogens (tertiary/aromatic N) is 2. The summed E-state index contributed by atoms with van der Waals surface area (Å²) in [6, 6.07) is 3.17. The maximum absolute atomic E-state index is 4.59. The lowest BCUT2D eigenvalue weighted by Crippen LogP contribution is -2.30. The normalized spacial score (nSPS) is 13.3. The molecule has 1 aromatic heterocycles. The van der Waals surface area contributed by atoms with Gasteiger partial charge in [0.25, 0.3) is 0 Å². The third kappa shape index (κ3) is 3.97. The fourth-order valence-corrected chi connectivity index (χ4v) is 1.94. The van der Waals surface area contributed by atoms with E-state index < -0.39 is 0 Å². The summed E-state index contributed by atoms with van der Waals surface area (Å²) in [6.45, 7) is 9.75. The predicted octanol–water partition coefficient (Wildman–Crippen LogP) is 2.78. The minimum absolute atomic E-state index is 0.456. The quantitative estimate of drug-likeness (QED) is 0.770. The lowest BCUT2D eigenvalue weighted by atomic mass is 10.1. The van der Waals surface area contributed by atoms with Gasteiger partial charge in [0.15, 0.2) is 0 Å². The van der Waals surface area contributed by atoms with Gasteiger partial charge in [-0.05, 0) is 32.9 Å². The number of rotatable bonds is 7. The molecule has 0 aliphatic rings. The lowest BCUT2D eigenvalue weighted by molar-refractivity contribution is 0.471. The first-order chi connectivity index (χ1) is 7.67. The van der Waals surface area contributed by atoms with Crippen LogP contribution >= 0.6 is 0 Å². The molecular formula is C13H25N3. The Morgan fingerprint density at radius 2 is 2.12 bits per heavy atom. The highest BCUT2D eigenvalue weighted by atomic mass is 15.3. The molecule has 0 radical (unpaired) electrons. The van der Waals surface area contributed by atoms with Crippen molar-refractivity contribution in [3.05, 3.63) is 18.0 Å². The van der Waals surface area contributed by atoms with E-state index in [2.05, 4.69) is 50.4 Å². The Bertz CT molecular complexity index is 285. The average Bonchev–Trinajstić information content (AvgIpc) is 2.67. The van der Waals surface area contributed by atoms with Crippen LogP contribution in [0.2, 0.25) is 0 Å². The summed E-state index contributed by atoms with van der Waals surface area (Å²) in [5.41, 5.74) is 1.20. The van der Waals surface area contributed by atoms with Crippen LogP contribution in [0.5, 0.6) is 0 Å². The Labute approximate surface area is 99.2 Å². The SMILES string of the molecule is CCCC(Cc1ccn(C(C)C)n1)NCC. The average molecular weight is 223 g/mol. The highest BCUT2D eigenvalue weighted by Crippen LogP contribution is 2.08. The second kappa shape index (κ2) is 6.69. The van der Waals surface area contributed by atoms with Crippen LogP contribution in [0, 0.1) is 0 Å². The molecule has 16 heavy (non-hydrogen) atoms. The molecule has 0 aromatic carbocycles. The minimum atomic E-state index is 0.456. The van der Waals surface area contributed by atoms with E-state index >= 15 is 0 Å². The first-order valence-corrected chi connectivity index (χ1v) is 6.44. The number of aromatic nitrogens is 2. The van der Waals surface area contributed by atoms with Gasteiger partial charge in [-0.1, -0.05) is 20.3 Å². The highest BCUT2D eigenvalue weighted by Gasteiger charge is 2.09. The van der Waals surface area contributed by atoms with Crippen molar-refractivity contribution in [3.63, 3.8) is 0 Å². The molecule has 1 atom stereocenters. The maximum atomic E-state index is 4.59. The molecule has 0 spiro atoms. The number of nitrogens with one attached hydrogen (secondary N) is 1. The van der Waals surface area contributed by atoms with Gasteiger partial charge in [-0.25, -0.2) is 0 Å². The van der Waals surface area contributed by atoms with E-state index in [4.69, 9.17) is 0 Å². The summed E-state index contributed by atoms with van der Waals surface area (Å²) in [4.78, 5) is 0. The van der Waals surface area contributed by atoms with Gasteiger partial charge in [-0.3, -0.25) is 4.68 Å². The first kappa shape index (κ1) is 13.2. The van der Waals surface area contributed by atoms with Gasteiger partial charge in [0.1, 0.15) is 0 Å². The fourth-order valence-electron chi connectivity index (χ4n) is 1.94. The molecular weight excluding hydrogens is 198 g/mol. The van der Waals surface area contributed by atoms with E-state index in [0.717, 1.165) is 13.0 Å². The van der Waals surface area contributed by atoms with Crippen LogP contribution in [0.3, 0.4) is 0 Å². The zero-order valence-electron chi connectivity index (χ0n) is 11.0. The Balaban J connectivity index is 2.55. The fraction of sp³-hybridized carbons (Fsp3) is 0.769. The van der Waals surface area contributed by atoms with Crippen LogP contribution in [0.1, 0.15) is 52.3 Å². The number of hydrogen-bond acceptors (Lipinski definition) is 2. The number of likely N-dealkylation sites (N-methyl/N-ethyl adjacent to an activating group) is 1. The lowest BCUT2D eigenvalue weighted by Gasteiger charge is -2.15. The van der Waals surface area contributed by atoms with Crippen molar-refractivity contribution in [3.8, 4) is 0 Å². The molecule has 1 rings (SSSR count). The van der Waals surface area contributed by atoms with Crippen molar-refractivity contribution in [1.82, 2.24) is 15.1 Å². The van der Waals surface area contributed by atoms with Crippen molar-refractivity contribution in [2.75, 3.05) is 6.54 Å². The summed E-state index contributed by atoms with van der Waals surface area (Å²) < 4.78 is 2.03. The highest BCUT2D eigenvalue weighted by molar-refractivity contribution is 5.02. The first-order valence-electron chi connectivity index (χ1n) is 6.44. The maximum Gasteiger partial charge on any atom is 0.0640 e. The van der Waals surface area contributed by atoms with Crippen LogP contribution in [0.4, 0.5) is 0 Å².